The molecular weight excluding hydrogens is 357 g/mol. The van der Waals surface area contributed by atoms with Crippen molar-refractivity contribution >= 4 is 50.7 Å². The standard InChI is InChI=1S/C15H11Cl2N3O2S/c1-20(15(22)8-2-3-9(16)10(17)6-8)7-12-18-11-4-5-23-13(11)14(21)19-12/h2-6H,7H2,1H3,(H,18,19,21). The molecule has 3 aromatic rings. The number of H-pyrrole nitrogens is 1. The Balaban J connectivity index is 1.84. The van der Waals surface area contributed by atoms with Crippen molar-refractivity contribution in [2.45, 2.75) is 6.54 Å². The van der Waals surface area contributed by atoms with E-state index in [-0.39, 0.29) is 18.0 Å². The summed E-state index contributed by atoms with van der Waals surface area (Å²) in [6.45, 7) is 0.181. The third kappa shape index (κ3) is 3.24. The van der Waals surface area contributed by atoms with Gasteiger partial charge in [0.25, 0.3) is 11.5 Å². The zero-order valence-corrected chi connectivity index (χ0v) is 14.3. The molecule has 0 saturated heterocycles. The van der Waals surface area contributed by atoms with Gasteiger partial charge in [-0.25, -0.2) is 4.98 Å². The maximum Gasteiger partial charge on any atom is 0.268 e. The molecule has 2 aromatic heterocycles. The van der Waals surface area contributed by atoms with E-state index >= 15 is 0 Å². The molecule has 8 heteroatoms. The molecule has 0 fully saturated rings. The largest absolute Gasteiger partial charge is 0.334 e. The molecule has 23 heavy (non-hydrogen) atoms. The van der Waals surface area contributed by atoms with E-state index in [0.717, 1.165) is 0 Å². The Hall–Kier alpha value is -1.89. The first-order valence-corrected chi connectivity index (χ1v) is 8.26. The first-order valence-electron chi connectivity index (χ1n) is 6.62. The smallest absolute Gasteiger partial charge is 0.268 e. The van der Waals surface area contributed by atoms with E-state index in [4.69, 9.17) is 23.2 Å². The number of carbonyl (C=O) groups is 1. The van der Waals surface area contributed by atoms with Crippen molar-refractivity contribution in [2.75, 3.05) is 7.05 Å². The molecule has 1 aromatic carbocycles. The number of halogens is 2. The van der Waals surface area contributed by atoms with Gasteiger partial charge in [0, 0.05) is 12.6 Å². The van der Waals surface area contributed by atoms with Crippen LogP contribution in [0.4, 0.5) is 0 Å². The van der Waals surface area contributed by atoms with E-state index in [2.05, 4.69) is 9.97 Å². The molecule has 5 nitrogen and oxygen atoms in total. The highest BCUT2D eigenvalue weighted by molar-refractivity contribution is 7.17. The molecule has 0 aliphatic heterocycles. The second-order valence-electron chi connectivity index (χ2n) is 4.94. The highest BCUT2D eigenvalue weighted by Gasteiger charge is 2.15. The maximum absolute atomic E-state index is 12.4. The van der Waals surface area contributed by atoms with Crippen LogP contribution < -0.4 is 5.56 Å². The molecule has 0 aliphatic rings. The highest BCUT2D eigenvalue weighted by atomic mass is 35.5. The van der Waals surface area contributed by atoms with Crippen molar-refractivity contribution in [3.05, 3.63) is 61.4 Å². The Labute approximate surface area is 145 Å². The number of fused-ring (bicyclic) bond motifs is 1. The van der Waals surface area contributed by atoms with Crippen LogP contribution in [0.1, 0.15) is 16.2 Å². The Bertz CT molecular complexity index is 951. The van der Waals surface area contributed by atoms with E-state index in [1.165, 1.54) is 22.3 Å². The van der Waals surface area contributed by atoms with Crippen LogP contribution in [0.25, 0.3) is 10.2 Å². The molecular formula is C15H11Cl2N3O2S. The minimum Gasteiger partial charge on any atom is -0.334 e. The number of aromatic nitrogens is 2. The summed E-state index contributed by atoms with van der Waals surface area (Å²) in [7, 11) is 1.63. The van der Waals surface area contributed by atoms with E-state index in [9.17, 15) is 9.59 Å². The van der Waals surface area contributed by atoms with Gasteiger partial charge in [0.1, 0.15) is 10.5 Å². The zero-order chi connectivity index (χ0) is 16.6. The predicted octanol–water partition coefficient (Wildman–Crippen LogP) is 3.56. The van der Waals surface area contributed by atoms with Gasteiger partial charge >= 0.3 is 0 Å². The first kappa shape index (κ1) is 16.0. The molecule has 0 radical (unpaired) electrons. The SMILES string of the molecule is CN(Cc1nc2ccsc2c(=O)[nH]1)C(=O)c1ccc(Cl)c(Cl)c1. The Morgan fingerprint density at radius 1 is 1.30 bits per heavy atom. The van der Waals surface area contributed by atoms with Crippen LogP contribution in [0, 0.1) is 0 Å². The van der Waals surface area contributed by atoms with Crippen LogP contribution in [-0.2, 0) is 6.54 Å². The van der Waals surface area contributed by atoms with E-state index in [0.29, 0.717) is 31.6 Å². The summed E-state index contributed by atoms with van der Waals surface area (Å²) in [4.78, 5) is 32.9. The summed E-state index contributed by atoms with van der Waals surface area (Å²) in [5.74, 6) is 0.188. The minimum atomic E-state index is -0.239. The van der Waals surface area contributed by atoms with Crippen molar-refractivity contribution in [3.63, 3.8) is 0 Å². The summed E-state index contributed by atoms with van der Waals surface area (Å²) < 4.78 is 0.576. The average molecular weight is 368 g/mol. The lowest BCUT2D eigenvalue weighted by molar-refractivity contribution is 0.0781. The minimum absolute atomic E-state index is 0.181. The summed E-state index contributed by atoms with van der Waals surface area (Å²) in [5.41, 5.74) is 0.848. The van der Waals surface area contributed by atoms with Crippen LogP contribution in [-0.4, -0.2) is 27.8 Å². The molecule has 1 amide bonds. The first-order chi connectivity index (χ1) is 11.0. The number of nitrogens with one attached hydrogen (secondary N) is 1. The van der Waals surface area contributed by atoms with Crippen molar-refractivity contribution in [1.29, 1.82) is 0 Å². The average Bonchev–Trinajstić information content (AvgIpc) is 2.98. The summed E-state index contributed by atoms with van der Waals surface area (Å²) in [5, 5.41) is 2.51. The molecule has 0 atom stereocenters. The lowest BCUT2D eigenvalue weighted by atomic mass is 10.2. The van der Waals surface area contributed by atoms with Crippen LogP contribution in [0.2, 0.25) is 10.0 Å². The number of carbonyl (C=O) groups excluding carboxylic acids is 1. The Morgan fingerprint density at radius 2 is 2.09 bits per heavy atom. The lowest BCUT2D eigenvalue weighted by Crippen LogP contribution is -2.28. The number of thiophene rings is 1. The third-order valence-corrected chi connectivity index (χ3v) is 4.91. The molecule has 1 N–H and O–H groups in total. The second kappa shape index (κ2) is 6.31. The number of benzene rings is 1. The van der Waals surface area contributed by atoms with Gasteiger partial charge in [-0.2, -0.15) is 0 Å². The van der Waals surface area contributed by atoms with E-state index < -0.39 is 0 Å². The summed E-state index contributed by atoms with van der Waals surface area (Å²) in [6.07, 6.45) is 0. The van der Waals surface area contributed by atoms with Gasteiger partial charge < -0.3 is 9.88 Å². The van der Waals surface area contributed by atoms with Gasteiger partial charge in [-0.15, -0.1) is 11.3 Å². The Kier molecular flexibility index (Phi) is 4.39. The number of hydrogen-bond donors (Lipinski definition) is 1. The molecule has 3 rings (SSSR count). The fraction of sp³-hybridized carbons (Fsp3) is 0.133. The molecule has 0 unspecified atom stereocenters. The van der Waals surface area contributed by atoms with Crippen LogP contribution in [0.3, 0.4) is 0 Å². The zero-order valence-electron chi connectivity index (χ0n) is 12.0. The van der Waals surface area contributed by atoms with Gasteiger partial charge in [0.05, 0.1) is 22.1 Å². The van der Waals surface area contributed by atoms with E-state index in [1.807, 2.05) is 0 Å². The summed E-state index contributed by atoms with van der Waals surface area (Å²) in [6, 6.07) is 6.47. The molecule has 0 aliphatic carbocycles. The number of nitrogens with zero attached hydrogens (tertiary/aromatic N) is 2. The lowest BCUT2D eigenvalue weighted by Gasteiger charge is -2.16. The molecule has 2 heterocycles. The van der Waals surface area contributed by atoms with Crippen LogP contribution >= 0.6 is 34.5 Å². The fourth-order valence-corrected chi connectivity index (χ4v) is 3.17. The van der Waals surface area contributed by atoms with Gasteiger partial charge in [0.15, 0.2) is 0 Å². The normalized spacial score (nSPS) is 10.9. The van der Waals surface area contributed by atoms with Crippen LogP contribution in [0.15, 0.2) is 34.4 Å². The fourth-order valence-electron chi connectivity index (χ4n) is 2.14. The highest BCUT2D eigenvalue weighted by Crippen LogP contribution is 2.23. The molecule has 0 spiro atoms. The van der Waals surface area contributed by atoms with E-state index in [1.54, 1.807) is 30.6 Å². The van der Waals surface area contributed by atoms with Gasteiger partial charge in [-0.3, -0.25) is 9.59 Å². The topological polar surface area (TPSA) is 66.1 Å². The summed E-state index contributed by atoms with van der Waals surface area (Å²) >= 11 is 13.1. The molecule has 0 saturated carbocycles. The van der Waals surface area contributed by atoms with Crippen molar-refractivity contribution < 1.29 is 4.79 Å². The van der Waals surface area contributed by atoms with Crippen molar-refractivity contribution in [2.24, 2.45) is 0 Å². The molecule has 0 bridgehead atoms. The van der Waals surface area contributed by atoms with Gasteiger partial charge in [-0.05, 0) is 29.6 Å². The quantitative estimate of drug-likeness (QED) is 0.769. The number of aromatic amines is 1. The van der Waals surface area contributed by atoms with Crippen LogP contribution in [0.5, 0.6) is 0 Å². The van der Waals surface area contributed by atoms with Crippen molar-refractivity contribution in [1.82, 2.24) is 14.9 Å². The number of hydrogen-bond acceptors (Lipinski definition) is 4. The van der Waals surface area contributed by atoms with Gasteiger partial charge in [-0.1, -0.05) is 23.2 Å². The number of rotatable bonds is 3. The number of amides is 1. The predicted molar refractivity (Wildman–Crippen MR) is 92.5 cm³/mol. The monoisotopic (exact) mass is 367 g/mol. The third-order valence-electron chi connectivity index (χ3n) is 3.26. The second-order valence-corrected chi connectivity index (χ2v) is 6.67. The Morgan fingerprint density at radius 3 is 2.83 bits per heavy atom. The molecule has 118 valence electrons. The van der Waals surface area contributed by atoms with Gasteiger partial charge in [0.2, 0.25) is 0 Å². The van der Waals surface area contributed by atoms with Crippen molar-refractivity contribution in [3.8, 4) is 0 Å². The maximum atomic E-state index is 12.4.